The minimum atomic E-state index is 0.0832. The Morgan fingerprint density at radius 3 is 1.33 bits per heavy atom. The molecule has 0 saturated heterocycles. The molecule has 0 N–H and O–H groups in total. The second-order valence-electron chi connectivity index (χ2n) is 3.22. The fraction of sp³-hybridized carbons (Fsp3) is 0.400. The van der Waals surface area contributed by atoms with Crippen molar-refractivity contribution in [2.24, 2.45) is 0 Å². The molecule has 2 heteroatoms. The molecule has 2 aromatic heterocycles. The van der Waals surface area contributed by atoms with Gasteiger partial charge in [0.2, 0.25) is 0 Å². The molecule has 0 bridgehead atoms. The molecule has 12 heavy (non-hydrogen) atoms. The summed E-state index contributed by atoms with van der Waals surface area (Å²) < 4.78 is 7.11. The molecule has 2 rings (SSSR count). The van der Waals surface area contributed by atoms with E-state index in [9.17, 15) is 0 Å². The summed E-state index contributed by atoms with van der Waals surface area (Å²) in [6, 6.07) is 0. The van der Waals surface area contributed by atoms with Crippen molar-refractivity contribution in [2.45, 2.75) is 27.7 Å². The predicted molar refractivity (Wildman–Crippen MR) is 56.8 cm³/mol. The molecule has 0 aliphatic heterocycles. The molecule has 0 aliphatic rings. The van der Waals surface area contributed by atoms with E-state index in [1.54, 1.807) is 18.3 Å². The number of aryl methyl sites for hydroxylation is 4. The van der Waals surface area contributed by atoms with Crippen molar-refractivity contribution in [1.82, 2.24) is 0 Å². The Kier molecular flexibility index (Phi) is 2.48. The van der Waals surface area contributed by atoms with Gasteiger partial charge in [0.05, 0.1) is 0 Å². The van der Waals surface area contributed by atoms with Gasteiger partial charge >= 0.3 is 93.6 Å². The van der Waals surface area contributed by atoms with Crippen molar-refractivity contribution in [2.75, 3.05) is 0 Å². The van der Waals surface area contributed by atoms with Gasteiger partial charge in [-0.2, -0.15) is 0 Å². The van der Waals surface area contributed by atoms with Gasteiger partial charge < -0.3 is 0 Å². The van der Waals surface area contributed by atoms with Crippen LogP contribution in [-0.4, -0.2) is 40.9 Å². The van der Waals surface area contributed by atoms with Gasteiger partial charge in [-0.05, 0) is 0 Å². The summed E-state index contributed by atoms with van der Waals surface area (Å²) in [5, 5.41) is 0. The fourth-order valence-electron chi connectivity index (χ4n) is 1.37. The first-order valence-corrected chi connectivity index (χ1v) is 8.73. The molecule has 0 radical (unpaired) electrons. The molecule has 0 spiro atoms. The van der Waals surface area contributed by atoms with Gasteiger partial charge in [0.25, 0.3) is 0 Å². The Morgan fingerprint density at radius 2 is 1.00 bits per heavy atom. The third kappa shape index (κ3) is 1.25. The molecule has 0 aliphatic carbocycles. The summed E-state index contributed by atoms with van der Waals surface area (Å²) in [7, 11) is 0. The number of rotatable bonds is 0. The van der Waals surface area contributed by atoms with Crippen molar-refractivity contribution < 1.29 is 0 Å². The van der Waals surface area contributed by atoms with E-state index in [0.29, 0.717) is 0 Å². The molecule has 0 amide bonds. The molecule has 0 saturated carbocycles. The topological polar surface area (TPSA) is 0 Å². The molecule has 2 heterocycles. The summed E-state index contributed by atoms with van der Waals surface area (Å²) in [6.45, 7) is 9.34. The standard InChI is InChI=1S/C10H12Te2/c1-5-7(3)11-10-6(2)8(4)12-9(5)10/h1-4H3. The average molecular weight is 387 g/mol. The van der Waals surface area contributed by atoms with Gasteiger partial charge in [0.15, 0.2) is 0 Å². The Hall–Kier alpha value is 0.799. The minimum absolute atomic E-state index is 0.0832. The Labute approximate surface area is 92.8 Å². The zero-order chi connectivity index (χ0) is 8.88. The van der Waals surface area contributed by atoms with Crippen LogP contribution in [0.5, 0.6) is 0 Å². The first-order valence-electron chi connectivity index (χ1n) is 4.07. The van der Waals surface area contributed by atoms with Crippen LogP contribution >= 0.6 is 0 Å². The van der Waals surface area contributed by atoms with E-state index < -0.39 is 0 Å². The molecule has 0 nitrogen and oxygen atoms in total. The predicted octanol–water partition coefficient (Wildman–Crippen LogP) is 2.19. The van der Waals surface area contributed by atoms with E-state index in [2.05, 4.69) is 27.7 Å². The first kappa shape index (κ1) is 9.36. The van der Waals surface area contributed by atoms with Crippen LogP contribution in [0.15, 0.2) is 0 Å². The Morgan fingerprint density at radius 1 is 0.667 bits per heavy atom. The zero-order valence-electron chi connectivity index (χ0n) is 7.82. The van der Waals surface area contributed by atoms with Crippen molar-refractivity contribution in [3.05, 3.63) is 18.3 Å². The van der Waals surface area contributed by atoms with Gasteiger partial charge in [-0.15, -0.1) is 0 Å². The maximum atomic E-state index is 2.34. The summed E-state index contributed by atoms with van der Waals surface area (Å²) in [4.78, 5) is 0. The summed E-state index contributed by atoms with van der Waals surface area (Å²) in [6.07, 6.45) is 0. The van der Waals surface area contributed by atoms with E-state index in [1.165, 1.54) is 0 Å². The molecule has 0 aromatic carbocycles. The van der Waals surface area contributed by atoms with Crippen molar-refractivity contribution in [1.29, 1.82) is 0 Å². The summed E-state index contributed by atoms with van der Waals surface area (Å²) >= 11 is 0.166. The summed E-state index contributed by atoms with van der Waals surface area (Å²) in [5.41, 5.74) is 3.34. The van der Waals surface area contributed by atoms with Crippen LogP contribution < -0.4 is 0 Å². The van der Waals surface area contributed by atoms with Crippen LogP contribution in [0.1, 0.15) is 18.3 Å². The van der Waals surface area contributed by atoms with Gasteiger partial charge in [-0.3, -0.25) is 0 Å². The van der Waals surface area contributed by atoms with Crippen LogP contribution in [0.25, 0.3) is 6.80 Å². The van der Waals surface area contributed by atoms with E-state index in [0.717, 1.165) is 0 Å². The van der Waals surface area contributed by atoms with Crippen LogP contribution in [0.3, 0.4) is 0 Å². The SMILES string of the molecule is Cc1[te]c2c(C)c(C)[te]c2c1C. The van der Waals surface area contributed by atoms with Crippen LogP contribution in [0.4, 0.5) is 0 Å². The number of hydrogen-bond donors (Lipinski definition) is 0. The van der Waals surface area contributed by atoms with E-state index in [1.807, 2.05) is 6.80 Å². The van der Waals surface area contributed by atoms with Crippen LogP contribution in [0, 0.1) is 27.7 Å². The van der Waals surface area contributed by atoms with E-state index in [-0.39, 0.29) is 40.9 Å². The third-order valence-corrected chi connectivity index (χ3v) is 11.3. The monoisotopic (exact) mass is 392 g/mol. The van der Waals surface area contributed by atoms with Crippen LogP contribution in [0.2, 0.25) is 0 Å². The van der Waals surface area contributed by atoms with E-state index in [4.69, 9.17) is 0 Å². The van der Waals surface area contributed by atoms with Gasteiger partial charge in [0.1, 0.15) is 0 Å². The molecular weight excluding hydrogens is 375 g/mol. The maximum absolute atomic E-state index is 2.34. The van der Waals surface area contributed by atoms with Gasteiger partial charge in [0, 0.05) is 0 Å². The molecule has 64 valence electrons. The molecule has 0 fully saturated rings. The van der Waals surface area contributed by atoms with E-state index >= 15 is 0 Å². The molecule has 2 aromatic rings. The second kappa shape index (κ2) is 3.18. The third-order valence-electron chi connectivity index (χ3n) is 2.45. The molecular formula is C10H12Te2. The number of hydrogen-bond acceptors (Lipinski definition) is 0. The molecule has 0 unspecified atom stereocenters. The van der Waals surface area contributed by atoms with Gasteiger partial charge in [-0.1, -0.05) is 0 Å². The Balaban J connectivity index is 2.93. The van der Waals surface area contributed by atoms with Crippen LogP contribution in [-0.2, 0) is 0 Å². The normalized spacial score (nSPS) is 11.3. The molecule has 0 atom stereocenters. The van der Waals surface area contributed by atoms with Gasteiger partial charge in [-0.25, -0.2) is 0 Å². The second-order valence-corrected chi connectivity index (χ2v) is 10.2. The fourth-order valence-corrected chi connectivity index (χ4v) is 10.6. The first-order chi connectivity index (χ1) is 5.61. The zero-order valence-corrected chi connectivity index (χ0v) is 12.5. The summed E-state index contributed by atoms with van der Waals surface area (Å²) in [5.74, 6) is 0. The number of fused-ring (bicyclic) bond motifs is 1. The average Bonchev–Trinajstić information content (AvgIpc) is 2.43. The Bertz CT molecular complexity index is 390. The van der Waals surface area contributed by atoms with Crippen molar-refractivity contribution in [3.8, 4) is 0 Å². The van der Waals surface area contributed by atoms with Crippen molar-refractivity contribution in [3.63, 3.8) is 0 Å². The quantitative estimate of drug-likeness (QED) is 0.608. The van der Waals surface area contributed by atoms with Crippen molar-refractivity contribution >= 4 is 47.7 Å².